The molecule has 1 aliphatic rings. The van der Waals surface area contributed by atoms with Crippen LogP contribution in [0.15, 0.2) is 54.6 Å². The molecule has 0 fully saturated rings. The Morgan fingerprint density at radius 1 is 1.06 bits per heavy atom. The summed E-state index contributed by atoms with van der Waals surface area (Å²) in [6, 6.07) is 17.0. The number of aryl methyl sites for hydroxylation is 1. The number of fused-ring (bicyclic) bond motifs is 1. The number of hydrogen-bond acceptors (Lipinski definition) is 4. The predicted molar refractivity (Wildman–Crippen MR) is 139 cm³/mol. The fourth-order valence-electron chi connectivity index (χ4n) is 4.40. The summed E-state index contributed by atoms with van der Waals surface area (Å²) < 4.78 is 5.61. The molecule has 0 aliphatic heterocycles. The molecular weight excluding hydrogens is 444 g/mol. The first-order valence-electron chi connectivity index (χ1n) is 11.7. The van der Waals surface area contributed by atoms with Crippen molar-refractivity contribution < 1.29 is 14.3 Å². The second kappa shape index (κ2) is 10.0. The van der Waals surface area contributed by atoms with Gasteiger partial charge < -0.3 is 15.4 Å². The van der Waals surface area contributed by atoms with Crippen molar-refractivity contribution >= 4 is 33.8 Å². The molecule has 0 saturated heterocycles. The van der Waals surface area contributed by atoms with Crippen LogP contribution in [0, 0.1) is 18.3 Å². The van der Waals surface area contributed by atoms with E-state index in [1.165, 1.54) is 16.2 Å². The van der Waals surface area contributed by atoms with Crippen LogP contribution in [0.2, 0.25) is 0 Å². The Balaban J connectivity index is 1.58. The monoisotopic (exact) mass is 476 g/mol. The molecule has 0 saturated carbocycles. The van der Waals surface area contributed by atoms with Crippen LogP contribution in [-0.2, 0) is 17.6 Å². The van der Waals surface area contributed by atoms with Gasteiger partial charge in [0.2, 0.25) is 0 Å². The van der Waals surface area contributed by atoms with Gasteiger partial charge in [0.15, 0.2) is 6.61 Å². The fraction of sp³-hybridized carbons (Fsp3) is 0.357. The van der Waals surface area contributed by atoms with Crippen LogP contribution >= 0.6 is 11.3 Å². The third kappa shape index (κ3) is 5.68. The molecule has 0 bridgehead atoms. The van der Waals surface area contributed by atoms with Crippen molar-refractivity contribution in [3.05, 3.63) is 76.2 Å². The molecule has 178 valence electrons. The quantitative estimate of drug-likeness (QED) is 0.428. The summed E-state index contributed by atoms with van der Waals surface area (Å²) in [6.45, 7) is 8.69. The first-order valence-corrected chi connectivity index (χ1v) is 12.5. The maximum atomic E-state index is 13.4. The van der Waals surface area contributed by atoms with Gasteiger partial charge in [0, 0.05) is 10.6 Å². The van der Waals surface area contributed by atoms with Crippen LogP contribution in [0.4, 0.5) is 10.7 Å². The number of thiophene rings is 1. The van der Waals surface area contributed by atoms with Crippen molar-refractivity contribution in [2.45, 2.75) is 47.0 Å². The SMILES string of the molecule is Cc1cccc(NC(=O)c2c(NC(=O)COc3ccccc3)sc3c2CCC(C(C)(C)C)C3)c1. The van der Waals surface area contributed by atoms with Crippen LogP contribution in [0.25, 0.3) is 0 Å². The standard InChI is InChI=1S/C28H32N2O3S/c1-18-9-8-10-20(15-18)29-26(32)25-22-14-13-19(28(2,3)4)16-23(22)34-27(25)30-24(31)17-33-21-11-6-5-7-12-21/h5-12,15,19H,13-14,16-17H2,1-4H3,(H,29,32)(H,30,31). The van der Waals surface area contributed by atoms with Crippen LogP contribution in [0.1, 0.15) is 53.6 Å². The van der Waals surface area contributed by atoms with Gasteiger partial charge in [-0.05, 0) is 72.9 Å². The van der Waals surface area contributed by atoms with Crippen LogP contribution in [0.5, 0.6) is 5.75 Å². The molecule has 1 unspecified atom stereocenters. The Bertz CT molecular complexity index is 1180. The van der Waals surface area contributed by atoms with Gasteiger partial charge in [-0.2, -0.15) is 0 Å². The molecule has 0 radical (unpaired) electrons. The second-order valence-electron chi connectivity index (χ2n) is 9.99. The van der Waals surface area contributed by atoms with Crippen molar-refractivity contribution in [2.75, 3.05) is 17.2 Å². The number of para-hydroxylation sites is 1. The van der Waals surface area contributed by atoms with Gasteiger partial charge in [0.05, 0.1) is 5.56 Å². The van der Waals surface area contributed by atoms with E-state index >= 15 is 0 Å². The molecule has 5 nitrogen and oxygen atoms in total. The Labute approximate surface area is 205 Å². The molecule has 0 spiro atoms. The van der Waals surface area contributed by atoms with Crippen LogP contribution in [0.3, 0.4) is 0 Å². The summed E-state index contributed by atoms with van der Waals surface area (Å²) in [7, 11) is 0. The molecule has 2 amide bonds. The van der Waals surface area contributed by atoms with E-state index in [9.17, 15) is 9.59 Å². The number of benzene rings is 2. The minimum atomic E-state index is -0.278. The van der Waals surface area contributed by atoms with Gasteiger partial charge in [0.1, 0.15) is 10.8 Å². The summed E-state index contributed by atoms with van der Waals surface area (Å²) in [6.07, 6.45) is 2.79. The van der Waals surface area contributed by atoms with E-state index in [4.69, 9.17) is 4.74 Å². The van der Waals surface area contributed by atoms with Gasteiger partial charge in [0.25, 0.3) is 11.8 Å². The molecule has 2 N–H and O–H groups in total. The van der Waals surface area contributed by atoms with Crippen molar-refractivity contribution in [1.29, 1.82) is 0 Å². The zero-order chi connectivity index (χ0) is 24.3. The van der Waals surface area contributed by atoms with Gasteiger partial charge >= 0.3 is 0 Å². The number of anilines is 2. The normalized spacial score (nSPS) is 15.4. The van der Waals surface area contributed by atoms with Crippen molar-refractivity contribution in [3.8, 4) is 5.75 Å². The molecule has 1 aliphatic carbocycles. The molecule has 1 heterocycles. The lowest BCUT2D eigenvalue weighted by Gasteiger charge is -2.33. The summed E-state index contributed by atoms with van der Waals surface area (Å²) >= 11 is 1.53. The average molecular weight is 477 g/mol. The Hall–Kier alpha value is -3.12. The Morgan fingerprint density at radius 2 is 1.82 bits per heavy atom. The summed E-state index contributed by atoms with van der Waals surface area (Å²) in [5.41, 5.74) is 3.66. The minimum Gasteiger partial charge on any atom is -0.484 e. The lowest BCUT2D eigenvalue weighted by Crippen LogP contribution is -2.27. The number of nitrogens with one attached hydrogen (secondary N) is 2. The zero-order valence-electron chi connectivity index (χ0n) is 20.2. The number of hydrogen-bond donors (Lipinski definition) is 2. The van der Waals surface area contributed by atoms with Crippen LogP contribution in [-0.4, -0.2) is 18.4 Å². The molecule has 1 aromatic heterocycles. The largest absolute Gasteiger partial charge is 0.484 e. The topological polar surface area (TPSA) is 67.4 Å². The van der Waals surface area contributed by atoms with Crippen molar-refractivity contribution in [1.82, 2.24) is 0 Å². The summed E-state index contributed by atoms with van der Waals surface area (Å²) in [4.78, 5) is 27.4. The predicted octanol–water partition coefficient (Wildman–Crippen LogP) is 6.48. The van der Waals surface area contributed by atoms with E-state index in [2.05, 4.69) is 31.4 Å². The third-order valence-corrected chi connectivity index (χ3v) is 7.53. The molecule has 2 aromatic carbocycles. The van der Waals surface area contributed by atoms with E-state index in [1.54, 1.807) is 0 Å². The second-order valence-corrected chi connectivity index (χ2v) is 11.1. The molecular formula is C28H32N2O3S. The third-order valence-electron chi connectivity index (χ3n) is 6.36. The number of carbonyl (C=O) groups excluding carboxylic acids is 2. The highest BCUT2D eigenvalue weighted by atomic mass is 32.1. The van der Waals surface area contributed by atoms with Gasteiger partial charge in [-0.1, -0.05) is 51.1 Å². The average Bonchev–Trinajstić information content (AvgIpc) is 3.15. The first-order chi connectivity index (χ1) is 16.2. The molecule has 4 rings (SSSR count). The fourth-order valence-corrected chi connectivity index (χ4v) is 5.74. The van der Waals surface area contributed by atoms with Crippen molar-refractivity contribution in [2.24, 2.45) is 11.3 Å². The summed E-state index contributed by atoms with van der Waals surface area (Å²) in [5.74, 6) is 0.709. The highest BCUT2D eigenvalue weighted by Crippen LogP contribution is 2.44. The van der Waals surface area contributed by atoms with Crippen LogP contribution < -0.4 is 15.4 Å². The number of rotatable bonds is 6. The Morgan fingerprint density at radius 3 is 2.53 bits per heavy atom. The van der Waals surface area contributed by atoms with E-state index < -0.39 is 0 Å². The maximum absolute atomic E-state index is 13.4. The van der Waals surface area contributed by atoms with E-state index in [1.807, 2.05) is 61.5 Å². The molecule has 6 heteroatoms. The van der Waals surface area contributed by atoms with E-state index in [0.29, 0.717) is 22.2 Å². The number of ether oxygens (including phenoxy) is 1. The molecule has 1 atom stereocenters. The smallest absolute Gasteiger partial charge is 0.262 e. The minimum absolute atomic E-state index is 0.115. The maximum Gasteiger partial charge on any atom is 0.262 e. The zero-order valence-corrected chi connectivity index (χ0v) is 21.1. The highest BCUT2D eigenvalue weighted by molar-refractivity contribution is 7.17. The Kier molecular flexibility index (Phi) is 7.08. The highest BCUT2D eigenvalue weighted by Gasteiger charge is 2.34. The first kappa shape index (κ1) is 24.0. The van der Waals surface area contributed by atoms with Gasteiger partial charge in [-0.15, -0.1) is 11.3 Å². The molecule has 3 aromatic rings. The van der Waals surface area contributed by atoms with Crippen molar-refractivity contribution in [3.63, 3.8) is 0 Å². The lowest BCUT2D eigenvalue weighted by molar-refractivity contribution is -0.118. The van der Waals surface area contributed by atoms with E-state index in [0.717, 1.165) is 36.1 Å². The summed E-state index contributed by atoms with van der Waals surface area (Å²) in [5, 5.41) is 6.60. The number of carbonyl (C=O) groups is 2. The lowest BCUT2D eigenvalue weighted by atomic mass is 9.72. The van der Waals surface area contributed by atoms with Gasteiger partial charge in [-0.25, -0.2) is 0 Å². The van der Waals surface area contributed by atoms with E-state index in [-0.39, 0.29) is 23.8 Å². The molecule has 34 heavy (non-hydrogen) atoms. The van der Waals surface area contributed by atoms with Gasteiger partial charge in [-0.3, -0.25) is 9.59 Å². The number of amides is 2.